The molecule has 1 heterocycles. The van der Waals surface area contributed by atoms with Crippen LogP contribution in [0.5, 0.6) is 0 Å². The zero-order chi connectivity index (χ0) is 15.1. The van der Waals surface area contributed by atoms with E-state index in [4.69, 9.17) is 16.0 Å². The van der Waals surface area contributed by atoms with Crippen LogP contribution in [-0.4, -0.2) is 4.57 Å². The van der Waals surface area contributed by atoms with Crippen molar-refractivity contribution in [2.24, 2.45) is 7.05 Å². The predicted octanol–water partition coefficient (Wildman–Crippen LogP) is 4.58. The van der Waals surface area contributed by atoms with Gasteiger partial charge in [0.05, 0.1) is 10.3 Å². The molecule has 3 nitrogen and oxygen atoms in total. The predicted molar refractivity (Wildman–Crippen MR) is 88.4 cm³/mol. The van der Waals surface area contributed by atoms with E-state index in [9.17, 15) is 4.79 Å². The second kappa shape index (κ2) is 5.35. The number of hydrogen-bond donors (Lipinski definition) is 0. The average molecular weight is 367 g/mol. The minimum Gasteiger partial charge on any atom is -0.408 e. The highest BCUT2D eigenvalue weighted by atomic mass is 79.9. The third-order valence-electron chi connectivity index (χ3n) is 3.60. The number of alkyl halides is 1. The number of halogens is 2. The maximum Gasteiger partial charge on any atom is 0.419 e. The lowest BCUT2D eigenvalue weighted by Crippen LogP contribution is -2.08. The van der Waals surface area contributed by atoms with Crippen molar-refractivity contribution in [3.63, 3.8) is 0 Å². The second-order valence-corrected chi connectivity index (χ2v) is 6.29. The molecule has 0 amide bonds. The Morgan fingerprint density at radius 2 is 2.05 bits per heavy atom. The number of oxazole rings is 1. The number of hydrogen-bond acceptors (Lipinski definition) is 2. The van der Waals surface area contributed by atoms with Crippen molar-refractivity contribution >= 4 is 38.6 Å². The second-order valence-electron chi connectivity index (χ2n) is 4.99. The summed E-state index contributed by atoms with van der Waals surface area (Å²) >= 11 is 10.1. The van der Waals surface area contributed by atoms with E-state index in [1.54, 1.807) is 7.05 Å². The van der Waals surface area contributed by atoms with Gasteiger partial charge in [-0.2, -0.15) is 0 Å². The molecular weight excluding hydrogens is 354 g/mol. The summed E-state index contributed by atoms with van der Waals surface area (Å²) < 4.78 is 6.72. The molecule has 108 valence electrons. The monoisotopic (exact) mass is 365 g/mol. The first kappa shape index (κ1) is 14.4. The molecular formula is C16H13BrClNO2. The molecule has 0 aliphatic carbocycles. The Labute approximate surface area is 135 Å². The van der Waals surface area contributed by atoms with Crippen LogP contribution in [-0.2, 0) is 7.05 Å². The molecule has 2 aromatic carbocycles. The fourth-order valence-corrected chi connectivity index (χ4v) is 3.39. The Hall–Kier alpha value is -1.52. The summed E-state index contributed by atoms with van der Waals surface area (Å²) in [7, 11) is 1.69. The summed E-state index contributed by atoms with van der Waals surface area (Å²) in [4.78, 5) is 11.5. The van der Waals surface area contributed by atoms with Crippen molar-refractivity contribution in [2.45, 2.75) is 11.8 Å². The summed E-state index contributed by atoms with van der Waals surface area (Å²) in [6, 6.07) is 11.7. The molecule has 0 radical (unpaired) electrons. The molecule has 0 spiro atoms. The minimum absolute atomic E-state index is 0.0557. The van der Waals surface area contributed by atoms with Gasteiger partial charge in [-0.15, -0.1) is 0 Å². The molecule has 0 saturated heterocycles. The first-order chi connectivity index (χ1) is 9.99. The third-order valence-corrected chi connectivity index (χ3v) is 5.14. The molecule has 1 atom stereocenters. The van der Waals surface area contributed by atoms with Crippen LogP contribution >= 0.6 is 27.5 Å². The molecule has 0 aliphatic heterocycles. The molecule has 0 saturated carbocycles. The number of aromatic nitrogens is 1. The Kier molecular flexibility index (Phi) is 3.68. The largest absolute Gasteiger partial charge is 0.419 e. The first-order valence-electron chi connectivity index (χ1n) is 6.47. The lowest BCUT2D eigenvalue weighted by atomic mass is 10.0. The van der Waals surface area contributed by atoms with Crippen molar-refractivity contribution in [1.82, 2.24) is 4.57 Å². The van der Waals surface area contributed by atoms with E-state index >= 15 is 0 Å². The first-order valence-corrected chi connectivity index (χ1v) is 7.77. The fraction of sp³-hybridized carbons (Fsp3) is 0.188. The number of benzene rings is 2. The number of fused-ring (bicyclic) bond motifs is 1. The zero-order valence-electron chi connectivity index (χ0n) is 11.6. The van der Waals surface area contributed by atoms with Crippen LogP contribution in [0.1, 0.15) is 21.5 Å². The number of aryl methyl sites for hydroxylation is 2. The van der Waals surface area contributed by atoms with E-state index in [0.29, 0.717) is 5.58 Å². The highest BCUT2D eigenvalue weighted by molar-refractivity contribution is 9.09. The lowest BCUT2D eigenvalue weighted by Gasteiger charge is -2.14. The van der Waals surface area contributed by atoms with Crippen LogP contribution in [0, 0.1) is 6.92 Å². The van der Waals surface area contributed by atoms with Gasteiger partial charge in [-0.3, -0.25) is 4.57 Å². The van der Waals surface area contributed by atoms with E-state index in [-0.39, 0.29) is 10.6 Å². The topological polar surface area (TPSA) is 35.1 Å². The van der Waals surface area contributed by atoms with Gasteiger partial charge in [0.2, 0.25) is 0 Å². The normalized spacial score (nSPS) is 12.8. The summed E-state index contributed by atoms with van der Waals surface area (Å²) in [5.41, 5.74) is 4.37. The van der Waals surface area contributed by atoms with Crippen LogP contribution in [0.4, 0.5) is 0 Å². The molecule has 3 aromatic rings. The summed E-state index contributed by atoms with van der Waals surface area (Å²) in [5, 5.41) is 0.744. The van der Waals surface area contributed by atoms with Gasteiger partial charge in [-0.1, -0.05) is 51.8 Å². The van der Waals surface area contributed by atoms with E-state index in [1.807, 2.05) is 43.3 Å². The van der Waals surface area contributed by atoms with E-state index < -0.39 is 0 Å². The Bertz CT molecular complexity index is 882. The van der Waals surface area contributed by atoms with Crippen molar-refractivity contribution in [3.8, 4) is 0 Å². The molecule has 3 rings (SSSR count). The molecule has 1 unspecified atom stereocenters. The van der Waals surface area contributed by atoms with Crippen LogP contribution in [0.2, 0.25) is 5.02 Å². The maximum atomic E-state index is 11.6. The van der Waals surface area contributed by atoms with Crippen LogP contribution in [0.3, 0.4) is 0 Å². The molecule has 5 heteroatoms. The number of rotatable bonds is 2. The quantitative estimate of drug-likeness (QED) is 0.622. The van der Waals surface area contributed by atoms with Gasteiger partial charge in [-0.25, -0.2) is 4.79 Å². The third kappa shape index (κ3) is 2.43. The van der Waals surface area contributed by atoms with Crippen LogP contribution < -0.4 is 5.76 Å². The summed E-state index contributed by atoms with van der Waals surface area (Å²) in [6.07, 6.45) is 0. The molecule has 0 N–H and O–H groups in total. The zero-order valence-corrected chi connectivity index (χ0v) is 13.9. The van der Waals surface area contributed by atoms with Crippen molar-refractivity contribution < 1.29 is 4.42 Å². The minimum atomic E-state index is -0.359. The van der Waals surface area contributed by atoms with Crippen LogP contribution in [0.25, 0.3) is 11.1 Å². The lowest BCUT2D eigenvalue weighted by molar-refractivity contribution is 0.528. The fourth-order valence-electron chi connectivity index (χ4n) is 2.35. The summed E-state index contributed by atoms with van der Waals surface area (Å²) in [6.45, 7) is 1.98. The van der Waals surface area contributed by atoms with E-state index in [1.165, 1.54) is 4.57 Å². The highest BCUT2D eigenvalue weighted by Crippen LogP contribution is 2.37. The Morgan fingerprint density at radius 1 is 1.29 bits per heavy atom. The standard InChI is InChI=1S/C16H13BrClNO2/c1-9-4-3-5-11(15(9)18)14(17)10-6-7-12-13(8-10)21-16(20)19(12)2/h3-8,14H,1-2H3. The van der Waals surface area contributed by atoms with Gasteiger partial charge in [0.25, 0.3) is 0 Å². The molecule has 0 bridgehead atoms. The molecule has 1 aromatic heterocycles. The van der Waals surface area contributed by atoms with Crippen molar-refractivity contribution in [2.75, 3.05) is 0 Å². The van der Waals surface area contributed by atoms with E-state index in [2.05, 4.69) is 15.9 Å². The van der Waals surface area contributed by atoms with E-state index in [0.717, 1.165) is 27.2 Å². The van der Waals surface area contributed by atoms with Crippen molar-refractivity contribution in [1.29, 1.82) is 0 Å². The van der Waals surface area contributed by atoms with Gasteiger partial charge in [0.1, 0.15) is 0 Å². The number of nitrogens with zero attached hydrogens (tertiary/aromatic N) is 1. The molecule has 0 fully saturated rings. The SMILES string of the molecule is Cc1cccc(C(Br)c2ccc3c(c2)oc(=O)n3C)c1Cl. The maximum absolute atomic E-state index is 11.6. The smallest absolute Gasteiger partial charge is 0.408 e. The Balaban J connectivity index is 2.11. The molecule has 0 aliphatic rings. The van der Waals surface area contributed by atoms with Gasteiger partial charge in [0, 0.05) is 12.1 Å². The summed E-state index contributed by atoms with van der Waals surface area (Å²) in [5.74, 6) is -0.359. The van der Waals surface area contributed by atoms with Gasteiger partial charge in [0.15, 0.2) is 5.58 Å². The Morgan fingerprint density at radius 3 is 2.81 bits per heavy atom. The average Bonchev–Trinajstić information content (AvgIpc) is 2.76. The highest BCUT2D eigenvalue weighted by Gasteiger charge is 2.16. The van der Waals surface area contributed by atoms with Gasteiger partial charge >= 0.3 is 5.76 Å². The van der Waals surface area contributed by atoms with Crippen LogP contribution in [0.15, 0.2) is 45.6 Å². The van der Waals surface area contributed by atoms with Gasteiger partial charge < -0.3 is 4.42 Å². The van der Waals surface area contributed by atoms with Crippen molar-refractivity contribution in [3.05, 3.63) is 68.7 Å². The molecule has 21 heavy (non-hydrogen) atoms. The van der Waals surface area contributed by atoms with Gasteiger partial charge in [-0.05, 0) is 35.7 Å².